The van der Waals surface area contributed by atoms with E-state index >= 15 is 0 Å². The molecule has 0 saturated carbocycles. The molecule has 0 aromatic heterocycles. The molecule has 0 aliphatic heterocycles. The Balaban J connectivity index is 2.47. The van der Waals surface area contributed by atoms with Crippen LogP contribution in [0.4, 0.5) is 11.4 Å². The molecule has 0 fully saturated rings. The Labute approximate surface area is 141 Å². The third-order valence-corrected chi connectivity index (χ3v) is 5.87. The van der Waals surface area contributed by atoms with E-state index in [0.29, 0.717) is 20.3 Å². The summed E-state index contributed by atoms with van der Waals surface area (Å²) in [5.74, 6) is 0. The standard InChI is InChI=1S/C14H14Br2N2O2S/c1-8-5-9(2)14(12(16)6-8)18-21(19,20)13-4-3-10(17)7-11(13)15/h3-7,18H,17H2,1-2H3. The van der Waals surface area contributed by atoms with Crippen molar-refractivity contribution in [3.05, 3.63) is 50.4 Å². The average molecular weight is 434 g/mol. The molecule has 0 unspecified atom stereocenters. The van der Waals surface area contributed by atoms with Gasteiger partial charge in [0.25, 0.3) is 10.0 Å². The fourth-order valence-corrected chi connectivity index (χ4v) is 5.12. The lowest BCUT2D eigenvalue weighted by molar-refractivity contribution is 0.600. The number of nitrogens with two attached hydrogens (primary N) is 1. The van der Waals surface area contributed by atoms with E-state index in [2.05, 4.69) is 36.6 Å². The minimum atomic E-state index is -3.70. The van der Waals surface area contributed by atoms with E-state index in [9.17, 15) is 8.42 Å². The molecular formula is C14H14Br2N2O2S. The predicted molar refractivity (Wildman–Crippen MR) is 93.0 cm³/mol. The highest BCUT2D eigenvalue weighted by molar-refractivity contribution is 9.11. The van der Waals surface area contributed by atoms with Gasteiger partial charge in [-0.15, -0.1) is 0 Å². The number of halogens is 2. The third-order valence-electron chi connectivity index (χ3n) is 2.91. The summed E-state index contributed by atoms with van der Waals surface area (Å²) < 4.78 is 28.8. The van der Waals surface area contributed by atoms with Crippen LogP contribution in [-0.4, -0.2) is 8.42 Å². The van der Waals surface area contributed by atoms with Crippen molar-refractivity contribution in [2.75, 3.05) is 10.5 Å². The minimum Gasteiger partial charge on any atom is -0.399 e. The highest BCUT2D eigenvalue weighted by Gasteiger charge is 2.20. The van der Waals surface area contributed by atoms with Crippen molar-refractivity contribution >= 4 is 53.3 Å². The van der Waals surface area contributed by atoms with E-state index in [1.165, 1.54) is 6.07 Å². The van der Waals surface area contributed by atoms with Crippen molar-refractivity contribution in [2.45, 2.75) is 18.7 Å². The quantitative estimate of drug-likeness (QED) is 0.712. The van der Waals surface area contributed by atoms with Crippen LogP contribution in [0.3, 0.4) is 0 Å². The highest BCUT2D eigenvalue weighted by Crippen LogP contribution is 2.32. The normalized spacial score (nSPS) is 11.4. The molecule has 0 atom stereocenters. The molecule has 2 rings (SSSR count). The number of benzene rings is 2. The molecule has 112 valence electrons. The number of aryl methyl sites for hydroxylation is 2. The van der Waals surface area contributed by atoms with Gasteiger partial charge >= 0.3 is 0 Å². The summed E-state index contributed by atoms with van der Waals surface area (Å²) in [5, 5.41) is 0. The minimum absolute atomic E-state index is 0.142. The maximum Gasteiger partial charge on any atom is 0.263 e. The third kappa shape index (κ3) is 3.59. The fourth-order valence-electron chi connectivity index (χ4n) is 1.97. The van der Waals surface area contributed by atoms with Crippen LogP contribution in [0.2, 0.25) is 0 Å². The zero-order valence-corrected chi connectivity index (χ0v) is 15.4. The molecule has 0 saturated heterocycles. The molecular weight excluding hydrogens is 420 g/mol. The summed E-state index contributed by atoms with van der Waals surface area (Å²) in [5.41, 5.74) is 8.56. The lowest BCUT2D eigenvalue weighted by atomic mass is 10.1. The second-order valence-corrected chi connectivity index (χ2v) is 8.09. The monoisotopic (exact) mass is 432 g/mol. The summed E-state index contributed by atoms with van der Waals surface area (Å²) in [7, 11) is -3.70. The summed E-state index contributed by atoms with van der Waals surface area (Å²) in [6.45, 7) is 3.81. The molecule has 0 bridgehead atoms. The number of sulfonamides is 1. The predicted octanol–water partition coefficient (Wildman–Crippen LogP) is 4.21. The fraction of sp³-hybridized carbons (Fsp3) is 0.143. The number of anilines is 2. The second kappa shape index (κ2) is 5.98. The van der Waals surface area contributed by atoms with Gasteiger partial charge in [-0.25, -0.2) is 8.42 Å². The molecule has 0 spiro atoms. The van der Waals surface area contributed by atoms with Gasteiger partial charge in [0.2, 0.25) is 0 Å². The van der Waals surface area contributed by atoms with E-state index < -0.39 is 10.0 Å². The summed E-state index contributed by atoms with van der Waals surface area (Å²) in [6.07, 6.45) is 0. The molecule has 2 aromatic carbocycles. The molecule has 7 heteroatoms. The number of rotatable bonds is 3. The van der Waals surface area contributed by atoms with E-state index in [1.807, 2.05) is 26.0 Å². The number of hydrogen-bond donors (Lipinski definition) is 2. The van der Waals surface area contributed by atoms with Gasteiger partial charge in [-0.2, -0.15) is 0 Å². The number of nitrogen functional groups attached to an aromatic ring is 1. The maximum atomic E-state index is 12.5. The van der Waals surface area contributed by atoms with Gasteiger partial charge in [-0.1, -0.05) is 6.07 Å². The van der Waals surface area contributed by atoms with E-state index in [4.69, 9.17) is 5.73 Å². The van der Waals surface area contributed by atoms with Crippen LogP contribution in [0.5, 0.6) is 0 Å². The first-order chi connectivity index (χ1) is 9.70. The van der Waals surface area contributed by atoms with Crippen LogP contribution in [0.15, 0.2) is 44.2 Å². The molecule has 0 heterocycles. The molecule has 0 aliphatic carbocycles. The molecule has 3 N–H and O–H groups in total. The van der Waals surface area contributed by atoms with Crippen LogP contribution in [0.1, 0.15) is 11.1 Å². The van der Waals surface area contributed by atoms with Crippen molar-refractivity contribution < 1.29 is 8.42 Å². The topological polar surface area (TPSA) is 72.2 Å². The van der Waals surface area contributed by atoms with Gasteiger partial charge < -0.3 is 5.73 Å². The first-order valence-corrected chi connectivity index (χ1v) is 9.12. The lowest BCUT2D eigenvalue weighted by Crippen LogP contribution is -2.15. The Morgan fingerprint density at radius 3 is 2.29 bits per heavy atom. The summed E-state index contributed by atoms with van der Waals surface area (Å²) >= 11 is 6.63. The molecule has 4 nitrogen and oxygen atoms in total. The highest BCUT2D eigenvalue weighted by atomic mass is 79.9. The first kappa shape index (κ1) is 16.3. The summed E-state index contributed by atoms with van der Waals surface area (Å²) in [6, 6.07) is 8.37. The van der Waals surface area contributed by atoms with Crippen molar-refractivity contribution in [1.82, 2.24) is 0 Å². The van der Waals surface area contributed by atoms with Crippen LogP contribution >= 0.6 is 31.9 Å². The largest absolute Gasteiger partial charge is 0.399 e. The molecule has 0 amide bonds. The Morgan fingerprint density at radius 1 is 1.05 bits per heavy atom. The van der Waals surface area contributed by atoms with Gasteiger partial charge in [0.15, 0.2) is 0 Å². The average Bonchev–Trinajstić information content (AvgIpc) is 2.33. The Morgan fingerprint density at radius 2 is 1.71 bits per heavy atom. The summed E-state index contributed by atoms with van der Waals surface area (Å²) in [4.78, 5) is 0.142. The zero-order chi connectivity index (χ0) is 15.8. The van der Waals surface area contributed by atoms with Gasteiger partial charge in [0.1, 0.15) is 4.90 Å². The van der Waals surface area contributed by atoms with Crippen molar-refractivity contribution in [1.29, 1.82) is 0 Å². The van der Waals surface area contributed by atoms with Crippen molar-refractivity contribution in [3.63, 3.8) is 0 Å². The Bertz CT molecular complexity index is 782. The zero-order valence-electron chi connectivity index (χ0n) is 11.4. The van der Waals surface area contributed by atoms with Gasteiger partial charge in [-0.3, -0.25) is 4.72 Å². The smallest absolute Gasteiger partial charge is 0.263 e. The molecule has 0 radical (unpaired) electrons. The molecule has 0 aliphatic rings. The van der Waals surface area contributed by atoms with Crippen LogP contribution in [0, 0.1) is 13.8 Å². The first-order valence-electron chi connectivity index (χ1n) is 6.05. The van der Waals surface area contributed by atoms with Crippen LogP contribution < -0.4 is 10.5 Å². The Hall–Kier alpha value is -1.05. The molecule has 2 aromatic rings. The molecule has 21 heavy (non-hydrogen) atoms. The second-order valence-electron chi connectivity index (χ2n) is 4.73. The van der Waals surface area contributed by atoms with Gasteiger partial charge in [-0.05, 0) is 81.1 Å². The van der Waals surface area contributed by atoms with Crippen LogP contribution in [-0.2, 0) is 10.0 Å². The SMILES string of the molecule is Cc1cc(C)c(NS(=O)(=O)c2ccc(N)cc2Br)c(Br)c1. The van der Waals surface area contributed by atoms with E-state index in [-0.39, 0.29) is 4.90 Å². The maximum absolute atomic E-state index is 12.5. The van der Waals surface area contributed by atoms with Gasteiger partial charge in [0.05, 0.1) is 5.69 Å². The van der Waals surface area contributed by atoms with E-state index in [1.54, 1.807) is 12.1 Å². The number of hydrogen-bond acceptors (Lipinski definition) is 3. The van der Waals surface area contributed by atoms with Crippen molar-refractivity contribution in [3.8, 4) is 0 Å². The van der Waals surface area contributed by atoms with E-state index in [0.717, 1.165) is 11.1 Å². The number of nitrogens with one attached hydrogen (secondary N) is 1. The van der Waals surface area contributed by atoms with Crippen LogP contribution in [0.25, 0.3) is 0 Å². The van der Waals surface area contributed by atoms with Gasteiger partial charge in [0, 0.05) is 14.6 Å². The Kier molecular flexibility index (Phi) is 4.65. The van der Waals surface area contributed by atoms with Crippen molar-refractivity contribution in [2.24, 2.45) is 0 Å². The lowest BCUT2D eigenvalue weighted by Gasteiger charge is -2.14.